The molecule has 4 unspecified atom stereocenters. The molecule has 0 aliphatic heterocycles. The predicted molar refractivity (Wildman–Crippen MR) is 56.7 cm³/mol. The lowest BCUT2D eigenvalue weighted by Gasteiger charge is -2.23. The fourth-order valence-corrected chi connectivity index (χ4v) is 3.94. The zero-order valence-electron chi connectivity index (χ0n) is 7.13. The Balaban J connectivity index is 1.93. The van der Waals surface area contributed by atoms with Gasteiger partial charge in [-0.15, -0.1) is 0 Å². The molecule has 0 heterocycles. The zero-order valence-corrected chi connectivity index (χ0v) is 9.73. The molecule has 2 aliphatic rings. The van der Waals surface area contributed by atoms with Crippen molar-refractivity contribution in [2.45, 2.75) is 31.8 Å². The van der Waals surface area contributed by atoms with Crippen molar-refractivity contribution in [1.82, 2.24) is 0 Å². The Bertz CT molecular complexity index is 248. The third-order valence-corrected chi connectivity index (χ3v) is 6.52. The summed E-state index contributed by atoms with van der Waals surface area (Å²) in [4.78, 5) is 9.23. The quantitative estimate of drug-likeness (QED) is 0.452. The van der Waals surface area contributed by atoms with Gasteiger partial charge in [-0.3, -0.25) is 4.52 Å². The molecule has 0 aromatic rings. The van der Waals surface area contributed by atoms with Crippen LogP contribution in [0, 0.1) is 11.8 Å². The molecule has 0 saturated heterocycles. The molecular formula is C7H13O3PS2. The number of fused-ring (bicyclic) bond motifs is 2. The fraction of sp³-hybridized carbons (Fsp3) is 1.00. The summed E-state index contributed by atoms with van der Waals surface area (Å²) in [6.45, 7) is -3.47. The molecule has 0 spiro atoms. The van der Waals surface area contributed by atoms with Crippen molar-refractivity contribution in [2.24, 2.45) is 11.8 Å². The lowest BCUT2D eigenvalue weighted by atomic mass is 9.98. The van der Waals surface area contributed by atoms with Gasteiger partial charge in [0.2, 0.25) is 0 Å². The van der Waals surface area contributed by atoms with Crippen molar-refractivity contribution in [1.29, 1.82) is 0 Å². The Morgan fingerprint density at radius 1 is 1.46 bits per heavy atom. The highest BCUT2D eigenvalue weighted by Crippen LogP contribution is 2.61. The van der Waals surface area contributed by atoms with Crippen molar-refractivity contribution in [2.75, 3.05) is 0 Å². The molecule has 3 nitrogen and oxygen atoms in total. The van der Waals surface area contributed by atoms with Crippen LogP contribution in [0.2, 0.25) is 0 Å². The summed E-state index contributed by atoms with van der Waals surface area (Å²) >= 11 is 3.72. The molecule has 1 N–H and O–H groups in total. The molecule has 13 heavy (non-hydrogen) atoms. The summed E-state index contributed by atoms with van der Waals surface area (Å²) in [5.41, 5.74) is 0. The van der Waals surface area contributed by atoms with Crippen LogP contribution in [-0.4, -0.2) is 11.0 Å². The van der Waals surface area contributed by atoms with E-state index < -0.39 is 6.80 Å². The van der Waals surface area contributed by atoms with Gasteiger partial charge in [0.1, 0.15) is 0 Å². The Morgan fingerprint density at radius 2 is 2.23 bits per heavy atom. The van der Waals surface area contributed by atoms with E-state index >= 15 is 0 Å². The van der Waals surface area contributed by atoms with Gasteiger partial charge in [-0.25, -0.2) is 4.57 Å². The van der Waals surface area contributed by atoms with E-state index in [1.807, 2.05) is 0 Å². The van der Waals surface area contributed by atoms with Crippen LogP contribution in [0.4, 0.5) is 0 Å². The van der Waals surface area contributed by atoms with Gasteiger partial charge in [0.05, 0.1) is 6.10 Å². The molecule has 2 fully saturated rings. The number of rotatable bonds is 3. The van der Waals surface area contributed by atoms with E-state index in [-0.39, 0.29) is 6.10 Å². The van der Waals surface area contributed by atoms with Crippen molar-refractivity contribution in [3.8, 4) is 0 Å². The average molecular weight is 240 g/mol. The van der Waals surface area contributed by atoms with Gasteiger partial charge in [-0.1, -0.05) is 11.7 Å². The standard InChI is InChI=1S/C7H13O3PS2/c8-11(9,13-12)10-7-4-5-1-2-6(7)3-5/h5-7,12H,1-4H2,(H,8,9). The maximum atomic E-state index is 11.2. The van der Waals surface area contributed by atoms with Crippen LogP contribution in [0.3, 0.4) is 0 Å². The summed E-state index contributed by atoms with van der Waals surface area (Å²) in [5, 5.41) is 0. The van der Waals surface area contributed by atoms with Gasteiger partial charge in [0.15, 0.2) is 0 Å². The van der Waals surface area contributed by atoms with Crippen LogP contribution in [0.25, 0.3) is 0 Å². The van der Waals surface area contributed by atoms with Gasteiger partial charge in [0, 0.05) is 10.4 Å². The summed E-state index contributed by atoms with van der Waals surface area (Å²) in [5.74, 6) is 1.26. The lowest BCUT2D eigenvalue weighted by Crippen LogP contribution is -2.18. The highest BCUT2D eigenvalue weighted by molar-refractivity contribution is 8.93. The van der Waals surface area contributed by atoms with Crippen LogP contribution < -0.4 is 0 Å². The van der Waals surface area contributed by atoms with E-state index in [0.717, 1.165) is 18.8 Å². The maximum absolute atomic E-state index is 11.2. The molecule has 76 valence electrons. The second-order valence-electron chi connectivity index (χ2n) is 3.87. The number of hydrogen-bond acceptors (Lipinski definition) is 4. The van der Waals surface area contributed by atoms with E-state index in [4.69, 9.17) is 4.52 Å². The van der Waals surface area contributed by atoms with E-state index in [0.29, 0.717) is 16.3 Å². The van der Waals surface area contributed by atoms with E-state index in [1.165, 1.54) is 12.8 Å². The topological polar surface area (TPSA) is 46.5 Å². The highest BCUT2D eigenvalue weighted by atomic mass is 33.3. The van der Waals surface area contributed by atoms with Crippen LogP contribution in [0.1, 0.15) is 25.7 Å². The summed E-state index contributed by atoms with van der Waals surface area (Å²) in [6, 6.07) is 0. The minimum Gasteiger partial charge on any atom is -0.316 e. The summed E-state index contributed by atoms with van der Waals surface area (Å²) in [6.07, 6.45) is 4.58. The molecule has 0 aromatic heterocycles. The second kappa shape index (κ2) is 3.78. The number of thiol groups is 1. The predicted octanol–water partition coefficient (Wildman–Crippen LogP) is 2.87. The SMILES string of the molecule is O=P(O)(OC1CC2CCC1C2)SS. The Morgan fingerprint density at radius 3 is 2.69 bits per heavy atom. The molecular weight excluding hydrogens is 227 g/mol. The zero-order chi connectivity index (χ0) is 9.47. The summed E-state index contributed by atoms with van der Waals surface area (Å²) < 4.78 is 16.4. The average Bonchev–Trinajstić information content (AvgIpc) is 2.64. The molecule has 0 amide bonds. The van der Waals surface area contributed by atoms with Crippen molar-refractivity contribution >= 4 is 28.9 Å². The Kier molecular flexibility index (Phi) is 3.02. The molecule has 2 rings (SSSR count). The molecule has 0 aromatic carbocycles. The van der Waals surface area contributed by atoms with E-state index in [2.05, 4.69) is 11.7 Å². The highest BCUT2D eigenvalue weighted by Gasteiger charge is 2.43. The maximum Gasteiger partial charge on any atom is 0.397 e. The van der Waals surface area contributed by atoms with Gasteiger partial charge >= 0.3 is 6.80 Å². The molecule has 0 radical (unpaired) electrons. The summed E-state index contributed by atoms with van der Waals surface area (Å²) in [7, 11) is 0.625. The Labute approximate surface area is 86.7 Å². The van der Waals surface area contributed by atoms with Gasteiger partial charge in [-0.2, -0.15) is 0 Å². The van der Waals surface area contributed by atoms with Crippen molar-refractivity contribution < 1.29 is 14.0 Å². The minimum atomic E-state index is -3.47. The van der Waals surface area contributed by atoms with Crippen molar-refractivity contribution in [3.63, 3.8) is 0 Å². The molecule has 2 aliphatic carbocycles. The third-order valence-electron chi connectivity index (χ3n) is 3.04. The first kappa shape index (κ1) is 10.4. The molecule has 4 atom stereocenters. The largest absolute Gasteiger partial charge is 0.397 e. The first-order chi connectivity index (χ1) is 6.11. The van der Waals surface area contributed by atoms with Gasteiger partial charge < -0.3 is 4.89 Å². The van der Waals surface area contributed by atoms with Gasteiger partial charge in [-0.05, 0) is 37.5 Å². The van der Waals surface area contributed by atoms with Crippen molar-refractivity contribution in [3.05, 3.63) is 0 Å². The lowest BCUT2D eigenvalue weighted by molar-refractivity contribution is 0.128. The molecule has 6 heteroatoms. The third kappa shape index (κ3) is 2.26. The number of hydrogen-bond donors (Lipinski definition) is 2. The monoisotopic (exact) mass is 240 g/mol. The Hall–Kier alpha value is 0.850. The van der Waals surface area contributed by atoms with E-state index in [9.17, 15) is 9.46 Å². The normalized spacial score (nSPS) is 42.2. The van der Waals surface area contributed by atoms with Gasteiger partial charge in [0.25, 0.3) is 0 Å². The van der Waals surface area contributed by atoms with E-state index in [1.54, 1.807) is 0 Å². The van der Waals surface area contributed by atoms with Crippen LogP contribution in [0.15, 0.2) is 0 Å². The molecule has 2 saturated carbocycles. The first-order valence-electron chi connectivity index (χ1n) is 4.45. The smallest absolute Gasteiger partial charge is 0.316 e. The second-order valence-corrected chi connectivity index (χ2v) is 8.52. The minimum absolute atomic E-state index is 0.00855. The molecule has 2 bridgehead atoms. The van der Waals surface area contributed by atoms with Crippen LogP contribution in [-0.2, 0) is 9.09 Å². The first-order valence-corrected chi connectivity index (χ1v) is 8.50. The fourth-order valence-electron chi connectivity index (χ4n) is 2.51. The van der Waals surface area contributed by atoms with Crippen LogP contribution >= 0.6 is 28.9 Å². The van der Waals surface area contributed by atoms with Crippen LogP contribution in [0.5, 0.6) is 0 Å².